The van der Waals surface area contributed by atoms with Crippen LogP contribution in [0.2, 0.25) is 5.02 Å². The van der Waals surface area contributed by atoms with Gasteiger partial charge in [0.2, 0.25) is 0 Å². The summed E-state index contributed by atoms with van der Waals surface area (Å²) in [7, 11) is 3.14. The van der Waals surface area contributed by atoms with Crippen molar-refractivity contribution in [1.82, 2.24) is 5.32 Å². The Hall–Kier alpha value is -1.72. The maximum atomic E-state index is 6.15. The zero-order valence-corrected chi connectivity index (χ0v) is 14.3. The largest absolute Gasteiger partial charge is 0.495 e. The molecule has 0 aromatic heterocycles. The van der Waals surface area contributed by atoms with Gasteiger partial charge in [0.1, 0.15) is 11.5 Å². The van der Waals surface area contributed by atoms with Gasteiger partial charge in [-0.3, -0.25) is 0 Å². The minimum atomic E-state index is 0.473. The van der Waals surface area contributed by atoms with Crippen LogP contribution in [0.4, 0.5) is 5.69 Å². The Bertz CT molecular complexity index is 641. The molecular weight excluding hydrogens is 320 g/mol. The van der Waals surface area contributed by atoms with E-state index in [4.69, 9.17) is 33.3 Å². The lowest BCUT2D eigenvalue weighted by molar-refractivity contribution is 0.396. The number of halogens is 1. The molecule has 4 nitrogen and oxygen atoms in total. The molecule has 0 amide bonds. The summed E-state index contributed by atoms with van der Waals surface area (Å²) in [4.78, 5) is 0. The number of ether oxygens (including phenoxy) is 2. The van der Waals surface area contributed by atoms with Crippen molar-refractivity contribution < 1.29 is 9.47 Å². The van der Waals surface area contributed by atoms with Crippen LogP contribution in [-0.2, 0) is 0 Å². The number of benzene rings is 1. The minimum absolute atomic E-state index is 0.473. The van der Waals surface area contributed by atoms with Gasteiger partial charge in [-0.25, -0.2) is 0 Å². The van der Waals surface area contributed by atoms with Crippen molar-refractivity contribution >= 4 is 34.6 Å². The van der Waals surface area contributed by atoms with Gasteiger partial charge in [-0.1, -0.05) is 23.8 Å². The molecule has 0 unspecified atom stereocenters. The summed E-state index contributed by atoms with van der Waals surface area (Å²) in [6.07, 6.45) is 7.14. The Morgan fingerprint density at radius 2 is 1.91 bits per heavy atom. The van der Waals surface area contributed by atoms with E-state index in [0.29, 0.717) is 27.3 Å². The topological polar surface area (TPSA) is 42.5 Å². The molecule has 2 rings (SSSR count). The fourth-order valence-corrected chi connectivity index (χ4v) is 2.53. The predicted molar refractivity (Wildman–Crippen MR) is 94.7 cm³/mol. The van der Waals surface area contributed by atoms with E-state index in [-0.39, 0.29) is 0 Å². The quantitative estimate of drug-likeness (QED) is 0.810. The van der Waals surface area contributed by atoms with Crippen LogP contribution >= 0.6 is 23.8 Å². The number of thiocarbonyl (C=S) groups is 1. The molecule has 0 saturated heterocycles. The van der Waals surface area contributed by atoms with Crippen LogP contribution in [-0.4, -0.2) is 19.3 Å². The van der Waals surface area contributed by atoms with Crippen LogP contribution in [0.5, 0.6) is 11.5 Å². The third-order valence-corrected chi connectivity index (χ3v) is 3.72. The van der Waals surface area contributed by atoms with Crippen LogP contribution in [0, 0.1) is 6.42 Å². The number of allylic oxidation sites excluding steroid dienone is 3. The molecule has 0 saturated carbocycles. The lowest BCUT2D eigenvalue weighted by atomic mass is 10.1. The molecule has 0 spiro atoms. The van der Waals surface area contributed by atoms with Gasteiger partial charge in [-0.15, -0.1) is 0 Å². The molecule has 0 aliphatic heterocycles. The lowest BCUT2D eigenvalue weighted by Crippen LogP contribution is -2.29. The first-order valence-electron chi connectivity index (χ1n) is 6.75. The second-order valence-electron chi connectivity index (χ2n) is 4.71. The zero-order valence-electron chi connectivity index (χ0n) is 12.7. The average molecular weight is 338 g/mol. The van der Waals surface area contributed by atoms with Gasteiger partial charge in [0, 0.05) is 11.8 Å². The monoisotopic (exact) mass is 337 g/mol. The summed E-state index contributed by atoms with van der Waals surface area (Å²) in [5.41, 5.74) is 2.81. The van der Waals surface area contributed by atoms with E-state index in [1.54, 1.807) is 26.4 Å². The molecule has 22 heavy (non-hydrogen) atoms. The Balaban J connectivity index is 2.13. The number of methoxy groups -OCH3 is 2. The Kier molecular flexibility index (Phi) is 5.69. The number of hydrogen-bond acceptors (Lipinski definition) is 3. The first-order valence-corrected chi connectivity index (χ1v) is 7.54. The van der Waals surface area contributed by atoms with E-state index in [9.17, 15) is 0 Å². The van der Waals surface area contributed by atoms with Gasteiger partial charge in [0.05, 0.1) is 24.9 Å². The second-order valence-corrected chi connectivity index (χ2v) is 5.52. The normalized spacial score (nSPS) is 13.8. The second kappa shape index (κ2) is 7.51. The molecule has 2 N–H and O–H groups in total. The molecule has 0 heterocycles. The highest BCUT2D eigenvalue weighted by atomic mass is 35.5. The Labute approximate surface area is 141 Å². The molecule has 1 radical (unpaired) electrons. The predicted octanol–water partition coefficient (Wildman–Crippen LogP) is 4.08. The third kappa shape index (κ3) is 3.93. The summed E-state index contributed by atoms with van der Waals surface area (Å²) in [5, 5.41) is 7.23. The van der Waals surface area contributed by atoms with Crippen LogP contribution in [0.15, 0.2) is 35.6 Å². The van der Waals surface area contributed by atoms with Crippen molar-refractivity contribution in [2.24, 2.45) is 0 Å². The zero-order chi connectivity index (χ0) is 16.1. The van der Waals surface area contributed by atoms with Gasteiger partial charge in [0.15, 0.2) is 5.11 Å². The molecular formula is C16H18ClN2O2S. The fourth-order valence-electron chi connectivity index (χ4n) is 2.06. The number of hydrogen-bond donors (Lipinski definition) is 2. The van der Waals surface area contributed by atoms with E-state index in [0.717, 1.165) is 17.7 Å². The van der Waals surface area contributed by atoms with E-state index in [2.05, 4.69) is 29.2 Å². The highest BCUT2D eigenvalue weighted by molar-refractivity contribution is 7.80. The number of nitrogens with one attached hydrogen (secondary N) is 2. The smallest absolute Gasteiger partial charge is 0.175 e. The Morgan fingerprint density at radius 1 is 1.18 bits per heavy atom. The SMILES string of the molecule is COc1cc(OC)c(NC(=S)NC2=CC[CH]C=C2C)cc1Cl. The highest BCUT2D eigenvalue weighted by Crippen LogP contribution is 2.35. The molecule has 1 aliphatic carbocycles. The highest BCUT2D eigenvalue weighted by Gasteiger charge is 2.12. The molecule has 1 aliphatic rings. The van der Waals surface area contributed by atoms with Crippen LogP contribution in [0.3, 0.4) is 0 Å². The molecule has 117 valence electrons. The van der Waals surface area contributed by atoms with E-state index >= 15 is 0 Å². The fraction of sp³-hybridized carbons (Fsp3) is 0.250. The molecule has 0 fully saturated rings. The summed E-state index contributed by atoms with van der Waals surface area (Å²) >= 11 is 11.5. The Morgan fingerprint density at radius 3 is 2.55 bits per heavy atom. The van der Waals surface area contributed by atoms with Crippen molar-refractivity contribution in [3.8, 4) is 11.5 Å². The lowest BCUT2D eigenvalue weighted by Gasteiger charge is -2.18. The average Bonchev–Trinajstić information content (AvgIpc) is 2.50. The van der Waals surface area contributed by atoms with Gasteiger partial charge >= 0.3 is 0 Å². The van der Waals surface area contributed by atoms with Gasteiger partial charge in [-0.05, 0) is 43.6 Å². The first kappa shape index (κ1) is 16.6. The summed E-state index contributed by atoms with van der Waals surface area (Å²) in [5.74, 6) is 1.15. The van der Waals surface area contributed by atoms with Crippen molar-refractivity contribution in [2.45, 2.75) is 13.3 Å². The van der Waals surface area contributed by atoms with Crippen molar-refractivity contribution in [3.63, 3.8) is 0 Å². The van der Waals surface area contributed by atoms with Gasteiger partial charge in [0.25, 0.3) is 0 Å². The minimum Gasteiger partial charge on any atom is -0.495 e. The van der Waals surface area contributed by atoms with Gasteiger partial charge < -0.3 is 20.1 Å². The van der Waals surface area contributed by atoms with Crippen LogP contribution < -0.4 is 20.1 Å². The number of rotatable bonds is 4. The molecule has 1 aromatic carbocycles. The molecule has 0 bridgehead atoms. The maximum Gasteiger partial charge on any atom is 0.175 e. The standard InChI is InChI=1S/C16H18ClN2O2S/c1-10-6-4-5-7-12(10)18-16(22)19-13-8-11(17)14(20-2)9-15(13)21-3/h4,6-9H,5H2,1-3H3,(H2,18,19,22). The third-order valence-electron chi connectivity index (χ3n) is 3.22. The number of anilines is 1. The van der Waals surface area contributed by atoms with Crippen molar-refractivity contribution in [1.29, 1.82) is 0 Å². The maximum absolute atomic E-state index is 6.15. The van der Waals surface area contributed by atoms with Crippen LogP contribution in [0.25, 0.3) is 0 Å². The van der Waals surface area contributed by atoms with E-state index < -0.39 is 0 Å². The van der Waals surface area contributed by atoms with Gasteiger partial charge in [-0.2, -0.15) is 0 Å². The summed E-state index contributed by atoms with van der Waals surface area (Å²) < 4.78 is 10.5. The summed E-state index contributed by atoms with van der Waals surface area (Å²) in [6.45, 7) is 2.03. The van der Waals surface area contributed by atoms with E-state index in [1.165, 1.54) is 0 Å². The van der Waals surface area contributed by atoms with E-state index in [1.807, 2.05) is 6.92 Å². The summed E-state index contributed by atoms with van der Waals surface area (Å²) in [6, 6.07) is 3.44. The molecule has 6 heteroatoms. The molecule has 0 atom stereocenters. The van der Waals surface area contributed by atoms with Crippen molar-refractivity contribution in [3.05, 3.63) is 47.0 Å². The van der Waals surface area contributed by atoms with Crippen molar-refractivity contribution in [2.75, 3.05) is 19.5 Å². The van der Waals surface area contributed by atoms with Crippen LogP contribution in [0.1, 0.15) is 13.3 Å². The molecule has 1 aromatic rings. The first-order chi connectivity index (χ1) is 10.5.